The lowest BCUT2D eigenvalue weighted by Crippen LogP contribution is -2.53. The van der Waals surface area contributed by atoms with E-state index in [2.05, 4.69) is 5.32 Å². The molecule has 3 rings (SSSR count). The molecule has 1 fully saturated rings. The molecule has 1 saturated carbocycles. The van der Waals surface area contributed by atoms with Crippen LogP contribution in [0, 0.1) is 12.8 Å². The van der Waals surface area contributed by atoms with Crippen LogP contribution in [0.15, 0.2) is 18.2 Å². The molecule has 2 aliphatic rings. The van der Waals surface area contributed by atoms with Gasteiger partial charge in [0.2, 0.25) is 0 Å². The number of aliphatic hydroxyl groups excluding tert-OH is 1. The molecule has 1 aliphatic heterocycles. The number of rotatable bonds is 3. The number of aryl methyl sites for hydroxylation is 1. The van der Waals surface area contributed by atoms with E-state index in [0.29, 0.717) is 19.4 Å². The first-order valence-corrected chi connectivity index (χ1v) is 6.95. The van der Waals surface area contributed by atoms with E-state index in [-0.39, 0.29) is 18.0 Å². The maximum absolute atomic E-state index is 10.8. The van der Waals surface area contributed by atoms with Gasteiger partial charge in [-0.15, -0.1) is 0 Å². The van der Waals surface area contributed by atoms with Crippen molar-refractivity contribution in [3.8, 4) is 5.75 Å². The Morgan fingerprint density at radius 3 is 2.85 bits per heavy atom. The summed E-state index contributed by atoms with van der Waals surface area (Å²) in [4.78, 5) is 10.8. The zero-order valence-corrected chi connectivity index (χ0v) is 11.4. The predicted octanol–water partition coefficient (Wildman–Crippen LogP) is 1.24. The minimum Gasteiger partial charge on any atom is -0.491 e. The number of carbonyl (C=O) groups is 1. The quantitative estimate of drug-likeness (QED) is 0.775. The number of aliphatic carboxylic acids is 1. The summed E-state index contributed by atoms with van der Waals surface area (Å²) in [5, 5.41) is 22.6. The summed E-state index contributed by atoms with van der Waals surface area (Å²) >= 11 is 0. The number of nitrogens with one attached hydrogen (secondary N) is 1. The molecule has 1 aromatic carbocycles. The van der Waals surface area contributed by atoms with Crippen LogP contribution in [0.1, 0.15) is 30.1 Å². The fraction of sp³-hybridized carbons (Fsp3) is 0.533. The molecule has 1 aromatic rings. The Balaban J connectivity index is 1.63. The number of carboxylic acids is 1. The van der Waals surface area contributed by atoms with Gasteiger partial charge in [0.05, 0.1) is 12.0 Å². The molecular weight excluding hydrogens is 258 g/mol. The smallest absolute Gasteiger partial charge is 0.306 e. The fourth-order valence-corrected chi connectivity index (χ4v) is 2.90. The van der Waals surface area contributed by atoms with Crippen molar-refractivity contribution in [2.75, 3.05) is 6.61 Å². The van der Waals surface area contributed by atoms with Crippen LogP contribution in [0.2, 0.25) is 0 Å². The first-order chi connectivity index (χ1) is 9.54. The third-order valence-corrected chi connectivity index (χ3v) is 4.22. The Labute approximate surface area is 117 Å². The molecule has 3 N–H and O–H groups in total. The Morgan fingerprint density at radius 1 is 1.40 bits per heavy atom. The van der Waals surface area contributed by atoms with E-state index in [1.54, 1.807) is 0 Å². The average molecular weight is 277 g/mol. The lowest BCUT2D eigenvalue weighted by Gasteiger charge is -2.39. The highest BCUT2D eigenvalue weighted by molar-refractivity contribution is 5.71. The highest BCUT2D eigenvalue weighted by Crippen LogP contribution is 2.35. The molecule has 0 aromatic heterocycles. The molecule has 2 atom stereocenters. The van der Waals surface area contributed by atoms with Crippen LogP contribution < -0.4 is 10.1 Å². The number of carboxylic acid groups (broad SMARTS) is 1. The molecule has 0 amide bonds. The van der Waals surface area contributed by atoms with Gasteiger partial charge in [-0.1, -0.05) is 12.1 Å². The first kappa shape index (κ1) is 13.4. The monoisotopic (exact) mass is 277 g/mol. The summed E-state index contributed by atoms with van der Waals surface area (Å²) in [5.74, 6) is -0.235. The SMILES string of the molecule is Cc1ccc2c(c1)OC[C@H](N[C@H]1C[C@H](C(=O)O)C1)[C@@H]2O. The van der Waals surface area contributed by atoms with Gasteiger partial charge in [-0.3, -0.25) is 4.79 Å². The topological polar surface area (TPSA) is 78.8 Å². The molecule has 5 heteroatoms. The van der Waals surface area contributed by atoms with Gasteiger partial charge in [0, 0.05) is 11.6 Å². The number of hydrogen-bond donors (Lipinski definition) is 3. The molecule has 0 spiro atoms. The Bertz CT molecular complexity index is 525. The molecular formula is C15H19NO4. The summed E-state index contributed by atoms with van der Waals surface area (Å²) < 4.78 is 5.69. The number of fused-ring (bicyclic) bond motifs is 1. The molecule has 5 nitrogen and oxygen atoms in total. The number of hydrogen-bond acceptors (Lipinski definition) is 4. The molecule has 0 unspecified atom stereocenters. The highest BCUT2D eigenvalue weighted by Gasteiger charge is 2.38. The predicted molar refractivity (Wildman–Crippen MR) is 72.7 cm³/mol. The highest BCUT2D eigenvalue weighted by atomic mass is 16.5. The molecule has 1 heterocycles. The third-order valence-electron chi connectivity index (χ3n) is 4.22. The summed E-state index contributed by atoms with van der Waals surface area (Å²) in [6.45, 7) is 2.40. The maximum atomic E-state index is 10.8. The van der Waals surface area contributed by atoms with E-state index >= 15 is 0 Å². The van der Waals surface area contributed by atoms with Gasteiger partial charge in [-0.2, -0.15) is 0 Å². The van der Waals surface area contributed by atoms with Crippen LogP contribution in [0.25, 0.3) is 0 Å². The van der Waals surface area contributed by atoms with Gasteiger partial charge >= 0.3 is 5.97 Å². The van der Waals surface area contributed by atoms with Gasteiger partial charge < -0.3 is 20.3 Å². The van der Waals surface area contributed by atoms with Crippen LogP contribution in [0.4, 0.5) is 0 Å². The lowest BCUT2D eigenvalue weighted by molar-refractivity contribution is -0.145. The van der Waals surface area contributed by atoms with Gasteiger partial charge in [0.25, 0.3) is 0 Å². The summed E-state index contributed by atoms with van der Waals surface area (Å²) in [6, 6.07) is 5.76. The Morgan fingerprint density at radius 2 is 2.15 bits per heavy atom. The van der Waals surface area contributed by atoms with Crippen molar-refractivity contribution in [3.63, 3.8) is 0 Å². The van der Waals surface area contributed by atoms with E-state index in [4.69, 9.17) is 9.84 Å². The zero-order valence-electron chi connectivity index (χ0n) is 11.4. The van der Waals surface area contributed by atoms with E-state index in [1.165, 1.54) is 0 Å². The minimum absolute atomic E-state index is 0.159. The number of ether oxygens (including phenoxy) is 1. The van der Waals surface area contributed by atoms with Gasteiger partial charge in [-0.05, 0) is 31.4 Å². The number of aliphatic hydroxyl groups is 1. The molecule has 20 heavy (non-hydrogen) atoms. The second kappa shape index (κ2) is 5.07. The molecule has 1 aliphatic carbocycles. The van der Waals surface area contributed by atoms with Crippen molar-refractivity contribution >= 4 is 5.97 Å². The van der Waals surface area contributed by atoms with Crippen molar-refractivity contribution in [2.45, 2.75) is 38.0 Å². The van der Waals surface area contributed by atoms with Crippen molar-refractivity contribution in [3.05, 3.63) is 29.3 Å². The van der Waals surface area contributed by atoms with Gasteiger partial charge in [0.15, 0.2) is 0 Å². The van der Waals surface area contributed by atoms with Crippen LogP contribution in [-0.2, 0) is 4.79 Å². The molecule has 108 valence electrons. The van der Waals surface area contributed by atoms with Gasteiger partial charge in [0.1, 0.15) is 18.5 Å². The first-order valence-electron chi connectivity index (χ1n) is 6.95. The summed E-state index contributed by atoms with van der Waals surface area (Å²) in [7, 11) is 0. The van der Waals surface area contributed by atoms with E-state index in [1.807, 2.05) is 25.1 Å². The average Bonchev–Trinajstić information content (AvgIpc) is 2.34. The van der Waals surface area contributed by atoms with Crippen molar-refractivity contribution < 1.29 is 19.7 Å². The van der Waals surface area contributed by atoms with Crippen LogP contribution in [-0.4, -0.2) is 34.9 Å². The molecule has 0 bridgehead atoms. The Kier molecular flexibility index (Phi) is 3.40. The normalized spacial score (nSPS) is 31.9. The standard InChI is InChI=1S/C15H19NO4/c1-8-2-3-11-13(4-8)20-7-12(14(11)17)16-10-5-9(6-10)15(18)19/h2-4,9-10,12,14,16-17H,5-7H2,1H3,(H,18,19)/t9-,10-,12-,14+/m0/s1. The van der Waals surface area contributed by atoms with Gasteiger partial charge in [-0.25, -0.2) is 0 Å². The zero-order chi connectivity index (χ0) is 14.3. The van der Waals surface area contributed by atoms with Crippen molar-refractivity contribution in [1.82, 2.24) is 5.32 Å². The summed E-state index contributed by atoms with van der Waals surface area (Å²) in [5.41, 5.74) is 1.90. The second-order valence-electron chi connectivity index (χ2n) is 5.77. The van der Waals surface area contributed by atoms with Crippen molar-refractivity contribution in [2.24, 2.45) is 5.92 Å². The summed E-state index contributed by atoms with van der Waals surface area (Å²) in [6.07, 6.45) is 0.641. The second-order valence-corrected chi connectivity index (χ2v) is 5.77. The lowest BCUT2D eigenvalue weighted by atomic mass is 9.79. The van der Waals surface area contributed by atoms with E-state index in [9.17, 15) is 9.90 Å². The van der Waals surface area contributed by atoms with E-state index in [0.717, 1.165) is 16.9 Å². The van der Waals surface area contributed by atoms with Crippen molar-refractivity contribution in [1.29, 1.82) is 0 Å². The third kappa shape index (κ3) is 2.39. The Hall–Kier alpha value is -1.59. The maximum Gasteiger partial charge on any atom is 0.306 e. The fourth-order valence-electron chi connectivity index (χ4n) is 2.90. The largest absolute Gasteiger partial charge is 0.491 e. The molecule has 0 radical (unpaired) electrons. The van der Waals surface area contributed by atoms with Crippen LogP contribution in [0.3, 0.4) is 0 Å². The minimum atomic E-state index is -0.732. The van der Waals surface area contributed by atoms with Crippen LogP contribution >= 0.6 is 0 Å². The van der Waals surface area contributed by atoms with E-state index < -0.39 is 12.1 Å². The molecule has 0 saturated heterocycles. The van der Waals surface area contributed by atoms with Crippen LogP contribution in [0.5, 0.6) is 5.75 Å². The number of benzene rings is 1.